The van der Waals surface area contributed by atoms with Gasteiger partial charge < -0.3 is 10.5 Å². The van der Waals surface area contributed by atoms with Gasteiger partial charge in [0.25, 0.3) is 0 Å². The maximum absolute atomic E-state index is 13.8. The number of nitrogens with two attached hydrogens (primary N) is 1. The summed E-state index contributed by atoms with van der Waals surface area (Å²) in [6.45, 7) is 7.38. The number of anilines is 1. The minimum atomic E-state index is -3.81. The molecule has 0 bridgehead atoms. The summed E-state index contributed by atoms with van der Waals surface area (Å²) < 4.78 is 46.4. The van der Waals surface area contributed by atoms with Crippen LogP contribution < -0.4 is 5.73 Å². The lowest BCUT2D eigenvalue weighted by molar-refractivity contribution is -0.109. The molecule has 1 aliphatic rings. The molecule has 1 heterocycles. The summed E-state index contributed by atoms with van der Waals surface area (Å²) in [6.07, 6.45) is -0.227. The van der Waals surface area contributed by atoms with Gasteiger partial charge in [-0.2, -0.15) is 4.31 Å². The number of nitrogens with zero attached hydrogens (tertiary/aromatic N) is 1. The fourth-order valence-electron chi connectivity index (χ4n) is 2.66. The zero-order chi connectivity index (χ0) is 16.0. The number of rotatable bonds is 2. The van der Waals surface area contributed by atoms with E-state index in [1.807, 2.05) is 20.8 Å². The second-order valence-electron chi connectivity index (χ2n) is 6.11. The van der Waals surface area contributed by atoms with Crippen LogP contribution in [0.15, 0.2) is 17.0 Å². The molecule has 1 aromatic carbocycles. The molecule has 0 aromatic heterocycles. The Bertz CT molecular complexity index is 658. The van der Waals surface area contributed by atoms with E-state index in [1.54, 1.807) is 0 Å². The van der Waals surface area contributed by atoms with Gasteiger partial charge in [0.15, 0.2) is 0 Å². The fraction of sp³-hybridized carbons (Fsp3) is 0.571. The summed E-state index contributed by atoms with van der Waals surface area (Å²) in [4.78, 5) is -0.0788. The summed E-state index contributed by atoms with van der Waals surface area (Å²) in [5, 5.41) is 0. The van der Waals surface area contributed by atoms with Gasteiger partial charge in [-0.15, -0.1) is 0 Å². The normalized spacial score (nSPS) is 23.2. The first-order valence-electron chi connectivity index (χ1n) is 6.76. The first kappa shape index (κ1) is 16.2. The van der Waals surface area contributed by atoms with Crippen LogP contribution in [0.25, 0.3) is 0 Å². The van der Waals surface area contributed by atoms with Gasteiger partial charge >= 0.3 is 0 Å². The quantitative estimate of drug-likeness (QED) is 0.846. The second-order valence-corrected chi connectivity index (χ2v) is 8.02. The summed E-state index contributed by atoms with van der Waals surface area (Å²) >= 11 is 0. The molecule has 7 heteroatoms. The van der Waals surface area contributed by atoms with Crippen molar-refractivity contribution in [3.8, 4) is 0 Å². The van der Waals surface area contributed by atoms with Gasteiger partial charge in [-0.05, 0) is 39.8 Å². The molecule has 118 valence electrons. The van der Waals surface area contributed by atoms with Crippen LogP contribution in [-0.2, 0) is 14.8 Å². The third-order valence-electron chi connectivity index (χ3n) is 3.47. The molecule has 1 unspecified atom stereocenters. The van der Waals surface area contributed by atoms with Crippen molar-refractivity contribution in [1.29, 1.82) is 0 Å². The molecule has 0 saturated carbocycles. The van der Waals surface area contributed by atoms with E-state index in [0.29, 0.717) is 0 Å². The number of hydrogen-bond donors (Lipinski definition) is 1. The molecule has 1 aromatic rings. The SMILES string of the molecule is Cc1c(F)cc(N)cc1S(=O)(=O)N1CC(C)OC(C)(C)C1. The highest BCUT2D eigenvalue weighted by Gasteiger charge is 2.38. The van der Waals surface area contributed by atoms with Crippen LogP contribution in [0.1, 0.15) is 26.3 Å². The van der Waals surface area contributed by atoms with E-state index < -0.39 is 21.4 Å². The Morgan fingerprint density at radius 1 is 1.43 bits per heavy atom. The van der Waals surface area contributed by atoms with Gasteiger partial charge in [0.1, 0.15) is 5.82 Å². The van der Waals surface area contributed by atoms with Gasteiger partial charge in [0, 0.05) is 24.3 Å². The van der Waals surface area contributed by atoms with Gasteiger partial charge in [-0.1, -0.05) is 0 Å². The Kier molecular flexibility index (Phi) is 4.03. The van der Waals surface area contributed by atoms with Crippen molar-refractivity contribution in [3.63, 3.8) is 0 Å². The van der Waals surface area contributed by atoms with Crippen LogP contribution in [0.4, 0.5) is 10.1 Å². The minimum Gasteiger partial charge on any atom is -0.399 e. The number of ether oxygens (including phenoxy) is 1. The predicted octanol–water partition coefficient (Wildman–Crippen LogP) is 1.90. The minimum absolute atomic E-state index is 0.0788. The largest absolute Gasteiger partial charge is 0.399 e. The van der Waals surface area contributed by atoms with Crippen molar-refractivity contribution in [1.82, 2.24) is 4.31 Å². The lowest BCUT2D eigenvalue weighted by atomic mass is 10.1. The predicted molar refractivity (Wildman–Crippen MR) is 78.9 cm³/mol. The monoisotopic (exact) mass is 316 g/mol. The third-order valence-corrected chi connectivity index (χ3v) is 5.41. The zero-order valence-corrected chi connectivity index (χ0v) is 13.5. The molecule has 21 heavy (non-hydrogen) atoms. The molecule has 1 saturated heterocycles. The first-order chi connectivity index (χ1) is 9.53. The standard InChI is InChI=1S/C14H21FN2O3S/c1-9-7-17(8-14(3,4)20-9)21(18,19)13-6-11(16)5-12(15)10(13)2/h5-6,9H,7-8,16H2,1-4H3. The van der Waals surface area contributed by atoms with E-state index in [1.165, 1.54) is 17.3 Å². The van der Waals surface area contributed by atoms with E-state index in [4.69, 9.17) is 10.5 Å². The maximum Gasteiger partial charge on any atom is 0.243 e. The molecule has 1 aliphatic heterocycles. The molecule has 2 rings (SSSR count). The number of sulfonamides is 1. The lowest BCUT2D eigenvalue weighted by Gasteiger charge is -2.41. The number of benzene rings is 1. The van der Waals surface area contributed by atoms with Crippen LogP contribution in [0.5, 0.6) is 0 Å². The third kappa shape index (κ3) is 3.20. The highest BCUT2D eigenvalue weighted by Crippen LogP contribution is 2.29. The molecular weight excluding hydrogens is 295 g/mol. The van der Waals surface area contributed by atoms with E-state index in [-0.39, 0.29) is 35.3 Å². The smallest absolute Gasteiger partial charge is 0.243 e. The van der Waals surface area contributed by atoms with Gasteiger partial charge in [-0.3, -0.25) is 0 Å². The van der Waals surface area contributed by atoms with Crippen molar-refractivity contribution in [2.75, 3.05) is 18.8 Å². The van der Waals surface area contributed by atoms with E-state index in [0.717, 1.165) is 6.07 Å². The van der Waals surface area contributed by atoms with E-state index in [9.17, 15) is 12.8 Å². The molecule has 2 N–H and O–H groups in total. The fourth-order valence-corrected chi connectivity index (χ4v) is 4.59. The number of morpholine rings is 1. The molecule has 0 radical (unpaired) electrons. The zero-order valence-electron chi connectivity index (χ0n) is 12.7. The van der Waals surface area contributed by atoms with Crippen molar-refractivity contribution in [2.45, 2.75) is 44.3 Å². The van der Waals surface area contributed by atoms with Crippen molar-refractivity contribution < 1.29 is 17.5 Å². The highest BCUT2D eigenvalue weighted by molar-refractivity contribution is 7.89. The van der Waals surface area contributed by atoms with Crippen LogP contribution in [0.2, 0.25) is 0 Å². The first-order valence-corrected chi connectivity index (χ1v) is 8.20. The Hall–Kier alpha value is -1.18. The lowest BCUT2D eigenvalue weighted by Crippen LogP contribution is -2.53. The van der Waals surface area contributed by atoms with Crippen LogP contribution in [-0.4, -0.2) is 37.5 Å². The number of hydrogen-bond acceptors (Lipinski definition) is 4. The Balaban J connectivity index is 2.48. The Morgan fingerprint density at radius 3 is 2.62 bits per heavy atom. The molecule has 1 fully saturated rings. The maximum atomic E-state index is 13.8. The molecular formula is C14H21FN2O3S. The van der Waals surface area contributed by atoms with E-state index >= 15 is 0 Å². The molecule has 0 amide bonds. The summed E-state index contributed by atoms with van der Waals surface area (Å²) in [5.74, 6) is -0.617. The molecule has 1 atom stereocenters. The molecule has 0 spiro atoms. The van der Waals surface area contributed by atoms with Gasteiger partial charge in [-0.25, -0.2) is 12.8 Å². The summed E-state index contributed by atoms with van der Waals surface area (Å²) in [7, 11) is -3.81. The average Bonchev–Trinajstić information content (AvgIpc) is 2.31. The van der Waals surface area contributed by atoms with Gasteiger partial charge in [0.2, 0.25) is 10.0 Å². The van der Waals surface area contributed by atoms with Crippen LogP contribution in [0, 0.1) is 12.7 Å². The Morgan fingerprint density at radius 2 is 2.05 bits per heavy atom. The van der Waals surface area contributed by atoms with Gasteiger partial charge in [0.05, 0.1) is 16.6 Å². The van der Waals surface area contributed by atoms with Crippen molar-refractivity contribution in [3.05, 3.63) is 23.5 Å². The molecule has 5 nitrogen and oxygen atoms in total. The number of halogens is 1. The Labute approximate surface area is 124 Å². The van der Waals surface area contributed by atoms with E-state index in [2.05, 4.69) is 0 Å². The second kappa shape index (κ2) is 5.23. The average molecular weight is 316 g/mol. The van der Waals surface area contributed by atoms with Crippen LogP contribution >= 0.6 is 0 Å². The van der Waals surface area contributed by atoms with Crippen LogP contribution in [0.3, 0.4) is 0 Å². The molecule has 0 aliphatic carbocycles. The topological polar surface area (TPSA) is 72.6 Å². The van der Waals surface area contributed by atoms with Crippen molar-refractivity contribution >= 4 is 15.7 Å². The van der Waals surface area contributed by atoms with Crippen molar-refractivity contribution in [2.24, 2.45) is 0 Å². The number of nitrogen functional groups attached to an aromatic ring is 1. The summed E-state index contributed by atoms with van der Waals surface area (Å²) in [5.41, 5.74) is 5.18. The highest BCUT2D eigenvalue weighted by atomic mass is 32.2. The summed E-state index contributed by atoms with van der Waals surface area (Å²) in [6, 6.07) is 2.43.